The fourth-order valence-corrected chi connectivity index (χ4v) is 1.75. The summed E-state index contributed by atoms with van der Waals surface area (Å²) < 4.78 is 5.78. The molecule has 0 aliphatic carbocycles. The van der Waals surface area contributed by atoms with Crippen LogP contribution in [0.5, 0.6) is 11.5 Å². The van der Waals surface area contributed by atoms with Gasteiger partial charge in [-0.05, 0) is 12.1 Å². The van der Waals surface area contributed by atoms with E-state index in [0.717, 1.165) is 5.69 Å². The lowest BCUT2D eigenvalue weighted by molar-refractivity contribution is 0.482. The lowest BCUT2D eigenvalue weighted by Crippen LogP contribution is -2.10. The van der Waals surface area contributed by atoms with E-state index in [1.807, 2.05) is 19.0 Å². The Morgan fingerprint density at radius 1 is 1.11 bits per heavy atom. The Labute approximate surface area is 128 Å². The lowest BCUT2D eigenvalue weighted by atomic mass is 10.3. The molecule has 3 nitrogen and oxygen atoms in total. The molecule has 19 heavy (non-hydrogen) atoms. The van der Waals surface area contributed by atoms with Gasteiger partial charge in [0.2, 0.25) is 0 Å². The van der Waals surface area contributed by atoms with Crippen LogP contribution in [0.2, 0.25) is 10.0 Å². The molecule has 0 spiro atoms. The van der Waals surface area contributed by atoms with Crippen molar-refractivity contribution in [3.8, 4) is 11.5 Å². The Morgan fingerprint density at radius 3 is 2.47 bits per heavy atom. The molecule has 0 atom stereocenters. The van der Waals surface area contributed by atoms with Crippen LogP contribution in [0.15, 0.2) is 36.7 Å². The van der Waals surface area contributed by atoms with E-state index in [9.17, 15) is 0 Å². The van der Waals surface area contributed by atoms with Gasteiger partial charge in [0, 0.05) is 32.4 Å². The summed E-state index contributed by atoms with van der Waals surface area (Å²) in [7, 11) is 3.86. The molecular weight excluding hydrogens is 307 g/mol. The van der Waals surface area contributed by atoms with Crippen LogP contribution in [-0.4, -0.2) is 19.1 Å². The number of benzene rings is 1. The van der Waals surface area contributed by atoms with E-state index in [2.05, 4.69) is 4.98 Å². The van der Waals surface area contributed by atoms with Crippen molar-refractivity contribution in [3.05, 3.63) is 46.7 Å². The Morgan fingerprint density at radius 2 is 1.84 bits per heavy atom. The molecule has 0 saturated heterocycles. The Kier molecular flexibility index (Phi) is 5.73. The summed E-state index contributed by atoms with van der Waals surface area (Å²) in [4.78, 5) is 6.00. The number of ether oxygens (including phenoxy) is 1. The molecule has 0 aliphatic heterocycles. The molecule has 0 unspecified atom stereocenters. The van der Waals surface area contributed by atoms with Gasteiger partial charge in [0.25, 0.3) is 0 Å². The monoisotopic (exact) mass is 318 g/mol. The van der Waals surface area contributed by atoms with Crippen LogP contribution in [-0.2, 0) is 0 Å². The number of hydrogen-bond acceptors (Lipinski definition) is 3. The van der Waals surface area contributed by atoms with Crippen molar-refractivity contribution >= 4 is 41.3 Å². The first kappa shape index (κ1) is 15.9. The van der Waals surface area contributed by atoms with E-state index in [0.29, 0.717) is 21.5 Å². The summed E-state index contributed by atoms with van der Waals surface area (Å²) in [5, 5.41) is 0.973. The zero-order valence-corrected chi connectivity index (χ0v) is 12.8. The molecule has 1 heterocycles. The van der Waals surface area contributed by atoms with Crippen LogP contribution in [0.3, 0.4) is 0 Å². The number of anilines is 1. The quantitative estimate of drug-likeness (QED) is 0.822. The number of nitrogens with zero attached hydrogens (tertiary/aromatic N) is 2. The van der Waals surface area contributed by atoms with E-state index < -0.39 is 0 Å². The molecule has 102 valence electrons. The average molecular weight is 320 g/mol. The molecule has 2 rings (SSSR count). The molecule has 1 aromatic heterocycles. The van der Waals surface area contributed by atoms with Gasteiger partial charge in [-0.3, -0.25) is 4.98 Å². The Bertz CT molecular complexity index is 561. The third-order valence-corrected chi connectivity index (χ3v) is 3.10. The van der Waals surface area contributed by atoms with Gasteiger partial charge < -0.3 is 9.64 Å². The minimum absolute atomic E-state index is 0. The summed E-state index contributed by atoms with van der Waals surface area (Å²) in [6, 6.07) is 6.96. The molecule has 6 heteroatoms. The van der Waals surface area contributed by atoms with E-state index in [4.69, 9.17) is 27.9 Å². The molecule has 0 radical (unpaired) electrons. The Hall–Kier alpha value is -1.16. The van der Waals surface area contributed by atoms with Crippen molar-refractivity contribution in [2.24, 2.45) is 0 Å². The van der Waals surface area contributed by atoms with E-state index >= 15 is 0 Å². The van der Waals surface area contributed by atoms with Crippen molar-refractivity contribution in [1.82, 2.24) is 4.98 Å². The number of halogens is 3. The SMILES string of the molecule is CN(C)c1cnccc1Oc1ccc(Cl)c(Cl)c1.Cl. The van der Waals surface area contributed by atoms with Crippen LogP contribution in [0, 0.1) is 0 Å². The number of pyridine rings is 1. The summed E-state index contributed by atoms with van der Waals surface area (Å²) in [5.74, 6) is 1.35. The molecule has 2 aromatic rings. The summed E-state index contributed by atoms with van der Waals surface area (Å²) >= 11 is 11.8. The van der Waals surface area contributed by atoms with Gasteiger partial charge in [0.05, 0.1) is 21.9 Å². The van der Waals surface area contributed by atoms with Gasteiger partial charge in [-0.2, -0.15) is 0 Å². The summed E-state index contributed by atoms with van der Waals surface area (Å²) in [6.45, 7) is 0. The molecule has 0 amide bonds. The average Bonchev–Trinajstić information content (AvgIpc) is 2.34. The standard InChI is InChI=1S/C13H12Cl2N2O.ClH/c1-17(2)12-8-16-6-5-13(12)18-9-3-4-10(14)11(15)7-9;/h3-8H,1-2H3;1H. The second-order valence-electron chi connectivity index (χ2n) is 3.92. The van der Waals surface area contributed by atoms with Crippen molar-refractivity contribution in [2.75, 3.05) is 19.0 Å². The minimum Gasteiger partial charge on any atom is -0.455 e. The lowest BCUT2D eigenvalue weighted by Gasteiger charge is -2.16. The summed E-state index contributed by atoms with van der Waals surface area (Å²) in [5.41, 5.74) is 0.892. The van der Waals surface area contributed by atoms with Gasteiger partial charge in [0.15, 0.2) is 5.75 Å². The maximum atomic E-state index is 5.95. The molecule has 0 bridgehead atoms. The van der Waals surface area contributed by atoms with Crippen LogP contribution in [0.25, 0.3) is 0 Å². The first-order valence-corrected chi connectivity index (χ1v) is 6.08. The second-order valence-corrected chi connectivity index (χ2v) is 4.73. The molecule has 0 saturated carbocycles. The third kappa shape index (κ3) is 3.90. The molecule has 0 aliphatic rings. The highest BCUT2D eigenvalue weighted by molar-refractivity contribution is 6.42. The van der Waals surface area contributed by atoms with Gasteiger partial charge in [-0.15, -0.1) is 12.4 Å². The summed E-state index contributed by atoms with van der Waals surface area (Å²) in [6.07, 6.45) is 3.42. The highest BCUT2D eigenvalue weighted by atomic mass is 35.5. The minimum atomic E-state index is 0. The zero-order valence-electron chi connectivity index (χ0n) is 10.4. The van der Waals surface area contributed by atoms with E-state index in [-0.39, 0.29) is 12.4 Å². The highest BCUT2D eigenvalue weighted by Gasteiger charge is 2.07. The van der Waals surface area contributed by atoms with Crippen molar-refractivity contribution < 1.29 is 4.74 Å². The molecular formula is C13H13Cl3N2O. The molecule has 1 aromatic carbocycles. The van der Waals surface area contributed by atoms with Crippen LogP contribution >= 0.6 is 35.6 Å². The maximum Gasteiger partial charge on any atom is 0.153 e. The van der Waals surface area contributed by atoms with E-state index in [1.54, 1.807) is 36.7 Å². The van der Waals surface area contributed by atoms with Crippen LogP contribution < -0.4 is 9.64 Å². The fourth-order valence-electron chi connectivity index (χ4n) is 1.46. The van der Waals surface area contributed by atoms with Gasteiger partial charge in [0.1, 0.15) is 5.75 Å². The Balaban J connectivity index is 0.00000180. The fraction of sp³-hybridized carbons (Fsp3) is 0.154. The zero-order chi connectivity index (χ0) is 13.1. The smallest absolute Gasteiger partial charge is 0.153 e. The third-order valence-electron chi connectivity index (χ3n) is 2.36. The first-order chi connectivity index (χ1) is 8.58. The van der Waals surface area contributed by atoms with E-state index in [1.165, 1.54) is 0 Å². The number of hydrogen-bond donors (Lipinski definition) is 0. The highest BCUT2D eigenvalue weighted by Crippen LogP contribution is 2.33. The van der Waals surface area contributed by atoms with Gasteiger partial charge >= 0.3 is 0 Å². The molecule has 0 fully saturated rings. The van der Waals surface area contributed by atoms with Gasteiger partial charge in [-0.1, -0.05) is 23.2 Å². The van der Waals surface area contributed by atoms with Crippen LogP contribution in [0.4, 0.5) is 5.69 Å². The number of aromatic nitrogens is 1. The van der Waals surface area contributed by atoms with Crippen molar-refractivity contribution in [2.45, 2.75) is 0 Å². The van der Waals surface area contributed by atoms with Crippen molar-refractivity contribution in [3.63, 3.8) is 0 Å². The maximum absolute atomic E-state index is 5.95. The van der Waals surface area contributed by atoms with Crippen molar-refractivity contribution in [1.29, 1.82) is 0 Å². The number of rotatable bonds is 3. The predicted molar refractivity (Wildman–Crippen MR) is 82.3 cm³/mol. The molecule has 0 N–H and O–H groups in total. The normalized spacial score (nSPS) is 9.68. The van der Waals surface area contributed by atoms with Gasteiger partial charge in [-0.25, -0.2) is 0 Å². The topological polar surface area (TPSA) is 25.4 Å². The largest absolute Gasteiger partial charge is 0.455 e. The predicted octanol–water partition coefficient (Wildman–Crippen LogP) is 4.67. The first-order valence-electron chi connectivity index (χ1n) is 5.32. The van der Waals surface area contributed by atoms with Crippen LogP contribution in [0.1, 0.15) is 0 Å². The second kappa shape index (κ2) is 6.85.